The predicted molar refractivity (Wildman–Crippen MR) is 60.7 cm³/mol. The van der Waals surface area contributed by atoms with E-state index in [9.17, 15) is 0 Å². The quantitative estimate of drug-likeness (QED) is 0.773. The maximum atomic E-state index is 5.33. The molecule has 1 rings (SSSR count). The Balaban J connectivity index is 2.38. The van der Waals surface area contributed by atoms with Gasteiger partial charge in [-0.05, 0) is 20.8 Å². The summed E-state index contributed by atoms with van der Waals surface area (Å²) < 4.78 is 7.46. The van der Waals surface area contributed by atoms with E-state index >= 15 is 0 Å². The first-order chi connectivity index (χ1) is 7.09. The largest absolute Gasteiger partial charge is 0.377 e. The number of aromatic nitrogens is 2. The van der Waals surface area contributed by atoms with Crippen LogP contribution in [0, 0.1) is 0 Å². The van der Waals surface area contributed by atoms with Crippen LogP contribution in [0.15, 0.2) is 12.5 Å². The van der Waals surface area contributed by atoms with Crippen molar-refractivity contribution in [3.63, 3.8) is 0 Å². The van der Waals surface area contributed by atoms with E-state index in [0.717, 1.165) is 19.6 Å². The summed E-state index contributed by atoms with van der Waals surface area (Å²) in [5, 5.41) is 3.37. The Labute approximate surface area is 91.7 Å². The van der Waals surface area contributed by atoms with Crippen molar-refractivity contribution in [2.24, 2.45) is 0 Å². The van der Waals surface area contributed by atoms with Gasteiger partial charge in [0.25, 0.3) is 0 Å². The standard InChI is InChI=1S/C11H21N3O/c1-5-14-9-13-7-10(14)6-12-8-11(2,3)15-4/h7,9,12H,5-6,8H2,1-4H3. The highest BCUT2D eigenvalue weighted by molar-refractivity contribution is 4.97. The molecule has 0 aliphatic rings. The number of methoxy groups -OCH3 is 1. The lowest BCUT2D eigenvalue weighted by atomic mass is 10.1. The van der Waals surface area contributed by atoms with Crippen molar-refractivity contribution in [1.82, 2.24) is 14.9 Å². The molecule has 0 atom stereocenters. The van der Waals surface area contributed by atoms with Crippen LogP contribution in [0.2, 0.25) is 0 Å². The number of imidazole rings is 1. The van der Waals surface area contributed by atoms with Crippen molar-refractivity contribution in [3.8, 4) is 0 Å². The molecule has 15 heavy (non-hydrogen) atoms. The van der Waals surface area contributed by atoms with Crippen molar-refractivity contribution in [2.45, 2.75) is 39.5 Å². The second kappa shape index (κ2) is 5.28. The van der Waals surface area contributed by atoms with E-state index in [2.05, 4.69) is 35.6 Å². The van der Waals surface area contributed by atoms with Crippen molar-refractivity contribution >= 4 is 0 Å². The molecular weight excluding hydrogens is 190 g/mol. The molecule has 0 saturated heterocycles. The van der Waals surface area contributed by atoms with Gasteiger partial charge in [-0.15, -0.1) is 0 Å². The Hall–Kier alpha value is -0.870. The molecule has 4 nitrogen and oxygen atoms in total. The Morgan fingerprint density at radius 1 is 1.53 bits per heavy atom. The number of hydrogen-bond acceptors (Lipinski definition) is 3. The van der Waals surface area contributed by atoms with Gasteiger partial charge < -0.3 is 14.6 Å². The lowest BCUT2D eigenvalue weighted by Crippen LogP contribution is -2.36. The molecule has 0 radical (unpaired) electrons. The van der Waals surface area contributed by atoms with Crippen LogP contribution < -0.4 is 5.32 Å². The summed E-state index contributed by atoms with van der Waals surface area (Å²) in [6.45, 7) is 8.88. The van der Waals surface area contributed by atoms with Crippen molar-refractivity contribution < 1.29 is 4.74 Å². The first-order valence-electron chi connectivity index (χ1n) is 5.34. The highest BCUT2D eigenvalue weighted by atomic mass is 16.5. The third-order valence-electron chi connectivity index (χ3n) is 2.55. The van der Waals surface area contributed by atoms with E-state index in [0.29, 0.717) is 0 Å². The summed E-state index contributed by atoms with van der Waals surface area (Å²) in [6, 6.07) is 0. The van der Waals surface area contributed by atoms with Crippen molar-refractivity contribution in [3.05, 3.63) is 18.2 Å². The highest BCUT2D eigenvalue weighted by Crippen LogP contribution is 2.05. The van der Waals surface area contributed by atoms with E-state index in [4.69, 9.17) is 4.74 Å². The first kappa shape index (κ1) is 12.2. The molecule has 0 bridgehead atoms. The van der Waals surface area contributed by atoms with Crippen LogP contribution in [0.1, 0.15) is 26.5 Å². The maximum Gasteiger partial charge on any atom is 0.0948 e. The van der Waals surface area contributed by atoms with Gasteiger partial charge in [0, 0.05) is 32.9 Å². The molecule has 0 unspecified atom stereocenters. The normalized spacial score (nSPS) is 12.0. The Bertz CT molecular complexity index is 294. The third-order valence-corrected chi connectivity index (χ3v) is 2.55. The topological polar surface area (TPSA) is 39.1 Å². The van der Waals surface area contributed by atoms with Gasteiger partial charge >= 0.3 is 0 Å². The molecule has 0 aliphatic carbocycles. The van der Waals surface area contributed by atoms with Crippen LogP contribution in [0.5, 0.6) is 0 Å². The smallest absolute Gasteiger partial charge is 0.0948 e. The van der Waals surface area contributed by atoms with E-state index in [1.54, 1.807) is 7.11 Å². The van der Waals surface area contributed by atoms with Gasteiger partial charge in [-0.2, -0.15) is 0 Å². The zero-order valence-corrected chi connectivity index (χ0v) is 10.1. The lowest BCUT2D eigenvalue weighted by Gasteiger charge is -2.23. The molecule has 0 aromatic carbocycles. The minimum absolute atomic E-state index is 0.114. The first-order valence-corrected chi connectivity index (χ1v) is 5.34. The highest BCUT2D eigenvalue weighted by Gasteiger charge is 2.15. The second-order valence-electron chi connectivity index (χ2n) is 4.24. The lowest BCUT2D eigenvalue weighted by molar-refractivity contribution is 0.0229. The molecule has 0 saturated carbocycles. The molecule has 0 fully saturated rings. The van der Waals surface area contributed by atoms with Gasteiger partial charge in [-0.3, -0.25) is 0 Å². The van der Waals surface area contributed by atoms with E-state index < -0.39 is 0 Å². The zero-order valence-electron chi connectivity index (χ0n) is 10.1. The number of hydrogen-bond donors (Lipinski definition) is 1. The molecule has 1 aromatic heterocycles. The molecule has 0 spiro atoms. The van der Waals surface area contributed by atoms with Crippen LogP contribution in [-0.2, 0) is 17.8 Å². The number of aryl methyl sites for hydroxylation is 1. The Morgan fingerprint density at radius 2 is 2.27 bits per heavy atom. The minimum Gasteiger partial charge on any atom is -0.377 e. The average molecular weight is 211 g/mol. The summed E-state index contributed by atoms with van der Waals surface area (Å²) in [5.41, 5.74) is 1.10. The predicted octanol–water partition coefficient (Wildman–Crippen LogP) is 1.42. The minimum atomic E-state index is -0.114. The summed E-state index contributed by atoms with van der Waals surface area (Å²) in [4.78, 5) is 4.12. The van der Waals surface area contributed by atoms with Crippen LogP contribution in [0.25, 0.3) is 0 Å². The zero-order chi connectivity index (χ0) is 11.3. The maximum absolute atomic E-state index is 5.33. The summed E-state index contributed by atoms with van der Waals surface area (Å²) in [6.07, 6.45) is 3.76. The molecule has 86 valence electrons. The molecule has 4 heteroatoms. The number of nitrogens with zero attached hydrogens (tertiary/aromatic N) is 2. The van der Waals surface area contributed by atoms with Gasteiger partial charge in [0.1, 0.15) is 0 Å². The van der Waals surface area contributed by atoms with E-state index in [-0.39, 0.29) is 5.60 Å². The summed E-state index contributed by atoms with van der Waals surface area (Å²) in [5.74, 6) is 0. The second-order valence-corrected chi connectivity index (χ2v) is 4.24. The molecule has 0 aliphatic heterocycles. The SMILES string of the molecule is CCn1cncc1CNCC(C)(C)OC. The summed E-state index contributed by atoms with van der Waals surface area (Å²) in [7, 11) is 1.73. The number of nitrogens with one attached hydrogen (secondary N) is 1. The van der Waals surface area contributed by atoms with Gasteiger partial charge in [0.05, 0.1) is 17.6 Å². The molecule has 0 amide bonds. The van der Waals surface area contributed by atoms with Gasteiger partial charge in [-0.25, -0.2) is 4.98 Å². The fourth-order valence-electron chi connectivity index (χ4n) is 1.34. The van der Waals surface area contributed by atoms with Crippen LogP contribution in [0.4, 0.5) is 0 Å². The number of ether oxygens (including phenoxy) is 1. The van der Waals surface area contributed by atoms with Crippen LogP contribution >= 0.6 is 0 Å². The fourth-order valence-corrected chi connectivity index (χ4v) is 1.34. The van der Waals surface area contributed by atoms with Crippen molar-refractivity contribution in [2.75, 3.05) is 13.7 Å². The third kappa shape index (κ3) is 3.64. The van der Waals surface area contributed by atoms with Crippen LogP contribution in [0.3, 0.4) is 0 Å². The Kier molecular flexibility index (Phi) is 4.29. The Morgan fingerprint density at radius 3 is 2.87 bits per heavy atom. The van der Waals surface area contributed by atoms with Gasteiger partial charge in [0.15, 0.2) is 0 Å². The monoisotopic (exact) mass is 211 g/mol. The van der Waals surface area contributed by atoms with Crippen LogP contribution in [-0.4, -0.2) is 28.8 Å². The average Bonchev–Trinajstić information content (AvgIpc) is 2.65. The van der Waals surface area contributed by atoms with Gasteiger partial charge in [0.2, 0.25) is 0 Å². The fraction of sp³-hybridized carbons (Fsp3) is 0.727. The molecular formula is C11H21N3O. The van der Waals surface area contributed by atoms with Crippen molar-refractivity contribution in [1.29, 1.82) is 0 Å². The molecule has 1 heterocycles. The molecule has 1 N–H and O–H groups in total. The number of rotatable bonds is 6. The summed E-state index contributed by atoms with van der Waals surface area (Å²) >= 11 is 0. The van der Waals surface area contributed by atoms with E-state index in [1.165, 1.54) is 5.69 Å². The molecule has 1 aromatic rings. The van der Waals surface area contributed by atoms with E-state index in [1.807, 2.05) is 12.5 Å². The van der Waals surface area contributed by atoms with Gasteiger partial charge in [-0.1, -0.05) is 0 Å².